The van der Waals surface area contributed by atoms with Gasteiger partial charge >= 0.3 is 5.82 Å². The lowest BCUT2D eigenvalue weighted by Crippen LogP contribution is -2.48. The molecule has 34 heavy (non-hydrogen) atoms. The Morgan fingerprint density at radius 3 is 2.74 bits per heavy atom. The van der Waals surface area contributed by atoms with Crippen molar-refractivity contribution in [1.82, 2.24) is 34.3 Å². The van der Waals surface area contributed by atoms with Crippen LogP contribution in [-0.4, -0.2) is 78.1 Å². The standard InChI is InChI=1S/C21H24N8O5/c1-25-19(22-11-20(25)29(31)32)4-5-28-13-16(23-24-28)12-26-6-8-27(9-7-26)21(30)15-2-3-17-18(10-15)34-14-33-17/h2-3,10-11,13H,4-9,12,14H2,1H3. The van der Waals surface area contributed by atoms with Gasteiger partial charge in [-0.05, 0) is 23.1 Å². The first-order valence-electron chi connectivity index (χ1n) is 10.9. The van der Waals surface area contributed by atoms with Crippen LogP contribution >= 0.6 is 0 Å². The number of piperazine rings is 1. The number of hydrogen-bond donors (Lipinski definition) is 0. The quantitative estimate of drug-likeness (QED) is 0.365. The number of rotatable bonds is 7. The molecule has 0 N–H and O–H groups in total. The summed E-state index contributed by atoms with van der Waals surface area (Å²) in [6.07, 6.45) is 3.65. The van der Waals surface area contributed by atoms with Crippen molar-refractivity contribution in [2.24, 2.45) is 7.05 Å². The molecule has 0 aliphatic carbocycles. The number of benzene rings is 1. The van der Waals surface area contributed by atoms with Gasteiger partial charge < -0.3 is 24.5 Å². The number of nitrogens with zero attached hydrogens (tertiary/aromatic N) is 8. The molecule has 0 saturated carbocycles. The van der Waals surface area contributed by atoms with Gasteiger partial charge in [0, 0.05) is 50.9 Å². The second-order valence-corrected chi connectivity index (χ2v) is 8.21. The molecular weight excluding hydrogens is 444 g/mol. The third kappa shape index (κ3) is 4.41. The van der Waals surface area contributed by atoms with Gasteiger partial charge in [-0.25, -0.2) is 9.55 Å². The van der Waals surface area contributed by atoms with Crippen LogP contribution in [0.15, 0.2) is 30.6 Å². The van der Waals surface area contributed by atoms with Gasteiger partial charge in [-0.2, -0.15) is 0 Å². The number of hydrogen-bond acceptors (Lipinski definition) is 9. The molecule has 0 unspecified atom stereocenters. The second kappa shape index (κ2) is 9.09. The molecule has 178 valence electrons. The molecule has 0 spiro atoms. The topological polar surface area (TPSA) is 134 Å². The van der Waals surface area contributed by atoms with E-state index in [1.165, 1.54) is 10.8 Å². The zero-order valence-corrected chi connectivity index (χ0v) is 18.7. The lowest BCUT2D eigenvalue weighted by molar-refractivity contribution is -0.391. The summed E-state index contributed by atoms with van der Waals surface area (Å²) >= 11 is 0. The highest BCUT2D eigenvalue weighted by atomic mass is 16.7. The molecule has 2 aromatic heterocycles. The molecule has 1 amide bonds. The van der Waals surface area contributed by atoms with Gasteiger partial charge in [0.05, 0.1) is 19.3 Å². The van der Waals surface area contributed by atoms with Crippen LogP contribution in [0, 0.1) is 10.1 Å². The van der Waals surface area contributed by atoms with Crippen molar-refractivity contribution in [3.05, 3.63) is 57.8 Å². The highest BCUT2D eigenvalue weighted by Crippen LogP contribution is 2.32. The molecule has 4 heterocycles. The highest BCUT2D eigenvalue weighted by Gasteiger charge is 2.24. The molecule has 1 fully saturated rings. The van der Waals surface area contributed by atoms with E-state index in [-0.39, 0.29) is 18.5 Å². The van der Waals surface area contributed by atoms with Crippen LogP contribution in [0.3, 0.4) is 0 Å². The van der Waals surface area contributed by atoms with Crippen LogP contribution in [0.1, 0.15) is 21.9 Å². The molecular formula is C21H24N8O5. The average molecular weight is 468 g/mol. The molecule has 1 aromatic carbocycles. The predicted octanol–water partition coefficient (Wildman–Crippen LogP) is 0.849. The van der Waals surface area contributed by atoms with Gasteiger partial charge in [0.1, 0.15) is 6.20 Å². The number of carbonyl (C=O) groups is 1. The molecule has 13 nitrogen and oxygen atoms in total. The van der Waals surface area contributed by atoms with Crippen LogP contribution in [0.25, 0.3) is 0 Å². The monoisotopic (exact) mass is 468 g/mol. The average Bonchev–Trinajstić information content (AvgIpc) is 3.57. The smallest absolute Gasteiger partial charge is 0.342 e. The van der Waals surface area contributed by atoms with Crippen molar-refractivity contribution >= 4 is 11.7 Å². The fourth-order valence-corrected chi connectivity index (χ4v) is 4.12. The Hall–Kier alpha value is -4.00. The van der Waals surface area contributed by atoms with E-state index < -0.39 is 4.92 Å². The summed E-state index contributed by atoms with van der Waals surface area (Å²) in [6, 6.07) is 5.27. The molecule has 0 atom stereocenters. The lowest BCUT2D eigenvalue weighted by Gasteiger charge is -2.34. The summed E-state index contributed by atoms with van der Waals surface area (Å²) in [4.78, 5) is 31.6. The Bertz CT molecular complexity index is 1210. The SMILES string of the molecule is Cn1c([N+](=O)[O-])cnc1CCn1cc(CN2CCN(C(=O)c3ccc4c(c3)OCO4)CC2)nn1. The van der Waals surface area contributed by atoms with Crippen molar-refractivity contribution in [1.29, 1.82) is 0 Å². The number of nitro groups is 1. The zero-order valence-electron chi connectivity index (χ0n) is 18.7. The van der Waals surface area contributed by atoms with Crippen LogP contribution in [0.5, 0.6) is 11.5 Å². The number of imidazole rings is 1. The summed E-state index contributed by atoms with van der Waals surface area (Å²) in [5.41, 5.74) is 1.43. The van der Waals surface area contributed by atoms with Crippen LogP contribution < -0.4 is 9.47 Å². The van der Waals surface area contributed by atoms with Crippen LogP contribution in [-0.2, 0) is 26.6 Å². The lowest BCUT2D eigenvalue weighted by atomic mass is 10.1. The number of amides is 1. The molecule has 0 bridgehead atoms. The van der Waals surface area contributed by atoms with Crippen LogP contribution in [0.2, 0.25) is 0 Å². The second-order valence-electron chi connectivity index (χ2n) is 8.21. The van der Waals surface area contributed by atoms with E-state index in [0.717, 1.165) is 18.8 Å². The summed E-state index contributed by atoms with van der Waals surface area (Å²) in [6.45, 7) is 4.06. The van der Waals surface area contributed by atoms with Gasteiger partial charge in [0.2, 0.25) is 6.79 Å². The van der Waals surface area contributed by atoms with Crippen molar-refractivity contribution in [2.75, 3.05) is 33.0 Å². The maximum absolute atomic E-state index is 12.9. The third-order valence-electron chi connectivity index (χ3n) is 6.06. The Labute approximate surface area is 194 Å². The zero-order chi connectivity index (χ0) is 23.7. The molecule has 13 heteroatoms. The number of aromatic nitrogens is 5. The van der Waals surface area contributed by atoms with Gasteiger partial charge in [-0.15, -0.1) is 5.10 Å². The Balaban J connectivity index is 1.11. The minimum absolute atomic E-state index is 0.0154. The normalized spacial score (nSPS) is 15.6. The number of fused-ring (bicyclic) bond motifs is 1. The van der Waals surface area contributed by atoms with E-state index >= 15 is 0 Å². The molecule has 3 aromatic rings. The minimum Gasteiger partial charge on any atom is -0.454 e. The van der Waals surface area contributed by atoms with E-state index in [2.05, 4.69) is 20.2 Å². The van der Waals surface area contributed by atoms with E-state index in [9.17, 15) is 14.9 Å². The van der Waals surface area contributed by atoms with Crippen molar-refractivity contribution in [3.63, 3.8) is 0 Å². The fraction of sp³-hybridized carbons (Fsp3) is 0.429. The molecule has 2 aliphatic heterocycles. The highest BCUT2D eigenvalue weighted by molar-refractivity contribution is 5.95. The van der Waals surface area contributed by atoms with E-state index in [1.807, 2.05) is 11.1 Å². The Kier molecular flexibility index (Phi) is 5.84. The maximum Gasteiger partial charge on any atom is 0.342 e. The van der Waals surface area contributed by atoms with Gasteiger partial charge in [-0.1, -0.05) is 5.21 Å². The van der Waals surface area contributed by atoms with Gasteiger partial charge in [0.25, 0.3) is 5.91 Å². The minimum atomic E-state index is -0.452. The van der Waals surface area contributed by atoms with E-state index in [4.69, 9.17) is 9.47 Å². The van der Waals surface area contributed by atoms with Crippen molar-refractivity contribution < 1.29 is 19.2 Å². The van der Waals surface area contributed by atoms with Gasteiger partial charge in [0.15, 0.2) is 17.3 Å². The number of aryl methyl sites for hydroxylation is 2. The van der Waals surface area contributed by atoms with Gasteiger partial charge in [-0.3, -0.25) is 14.4 Å². The predicted molar refractivity (Wildman–Crippen MR) is 117 cm³/mol. The molecule has 2 aliphatic rings. The van der Waals surface area contributed by atoms with Crippen LogP contribution in [0.4, 0.5) is 5.82 Å². The molecule has 1 saturated heterocycles. The first-order valence-corrected chi connectivity index (χ1v) is 10.9. The Morgan fingerprint density at radius 1 is 1.18 bits per heavy atom. The molecule has 0 radical (unpaired) electrons. The van der Waals surface area contributed by atoms with E-state index in [1.54, 1.807) is 29.9 Å². The third-order valence-corrected chi connectivity index (χ3v) is 6.06. The number of ether oxygens (including phenoxy) is 2. The maximum atomic E-state index is 12.9. The first kappa shape index (κ1) is 21.8. The summed E-state index contributed by atoms with van der Waals surface area (Å²) in [5, 5.41) is 19.4. The largest absolute Gasteiger partial charge is 0.454 e. The summed E-state index contributed by atoms with van der Waals surface area (Å²) in [7, 11) is 1.63. The summed E-state index contributed by atoms with van der Waals surface area (Å²) < 4.78 is 13.9. The first-order chi connectivity index (χ1) is 16.5. The summed E-state index contributed by atoms with van der Waals surface area (Å²) in [5.74, 6) is 1.83. The van der Waals surface area contributed by atoms with Crippen molar-refractivity contribution in [3.8, 4) is 11.5 Å². The number of carbonyl (C=O) groups excluding carboxylic acids is 1. The fourth-order valence-electron chi connectivity index (χ4n) is 4.12. The van der Waals surface area contributed by atoms with E-state index in [0.29, 0.717) is 55.5 Å². The molecule has 5 rings (SSSR count). The Morgan fingerprint density at radius 2 is 1.97 bits per heavy atom. The van der Waals surface area contributed by atoms with Crippen molar-refractivity contribution in [2.45, 2.75) is 19.5 Å².